The molecule has 0 atom stereocenters. The molecule has 0 aliphatic heterocycles. The highest BCUT2D eigenvalue weighted by Crippen LogP contribution is 2.19. The van der Waals surface area contributed by atoms with Crippen molar-refractivity contribution < 1.29 is 19.1 Å². The molecule has 1 amide bonds. The number of amides is 1. The van der Waals surface area contributed by atoms with Crippen molar-refractivity contribution in [2.24, 2.45) is 0 Å². The van der Waals surface area contributed by atoms with Crippen molar-refractivity contribution in [2.75, 3.05) is 25.0 Å². The van der Waals surface area contributed by atoms with E-state index >= 15 is 0 Å². The first-order valence-electron chi connectivity index (χ1n) is 5.34. The quantitative estimate of drug-likeness (QED) is 0.800. The SMILES string of the molecule is CCN(CC(=O)NC)c1nccc(C(=O)O)c1F. The van der Waals surface area contributed by atoms with E-state index in [2.05, 4.69) is 10.3 Å². The summed E-state index contributed by atoms with van der Waals surface area (Å²) < 4.78 is 13.9. The number of nitrogens with zero attached hydrogens (tertiary/aromatic N) is 2. The summed E-state index contributed by atoms with van der Waals surface area (Å²) in [5, 5.41) is 11.2. The molecule has 98 valence electrons. The number of hydrogen-bond acceptors (Lipinski definition) is 4. The number of aromatic carboxylic acids is 1. The van der Waals surface area contributed by atoms with E-state index in [1.807, 2.05) is 0 Å². The zero-order valence-corrected chi connectivity index (χ0v) is 10.1. The monoisotopic (exact) mass is 255 g/mol. The topological polar surface area (TPSA) is 82.5 Å². The molecule has 1 aromatic rings. The van der Waals surface area contributed by atoms with E-state index in [0.29, 0.717) is 6.54 Å². The van der Waals surface area contributed by atoms with E-state index in [9.17, 15) is 14.0 Å². The minimum atomic E-state index is -1.37. The average Bonchev–Trinajstić information content (AvgIpc) is 2.35. The van der Waals surface area contributed by atoms with E-state index in [0.717, 1.165) is 6.07 Å². The molecule has 0 aliphatic rings. The number of halogens is 1. The van der Waals surface area contributed by atoms with Gasteiger partial charge in [-0.1, -0.05) is 0 Å². The number of nitrogens with one attached hydrogen (secondary N) is 1. The lowest BCUT2D eigenvalue weighted by atomic mass is 10.2. The Labute approximate surface area is 103 Å². The zero-order valence-electron chi connectivity index (χ0n) is 10.1. The Morgan fingerprint density at radius 1 is 1.56 bits per heavy atom. The normalized spacial score (nSPS) is 9.94. The highest BCUT2D eigenvalue weighted by atomic mass is 19.1. The van der Waals surface area contributed by atoms with Crippen molar-refractivity contribution in [2.45, 2.75) is 6.92 Å². The second kappa shape index (κ2) is 5.95. The van der Waals surface area contributed by atoms with Gasteiger partial charge in [0.05, 0.1) is 6.54 Å². The Morgan fingerprint density at radius 3 is 2.72 bits per heavy atom. The molecule has 18 heavy (non-hydrogen) atoms. The second-order valence-electron chi connectivity index (χ2n) is 3.49. The molecule has 0 spiro atoms. The Bertz CT molecular complexity index is 465. The molecule has 0 aliphatic carbocycles. The van der Waals surface area contributed by atoms with Crippen LogP contribution in [0.1, 0.15) is 17.3 Å². The Kier molecular flexibility index (Phi) is 4.59. The highest BCUT2D eigenvalue weighted by molar-refractivity contribution is 5.89. The highest BCUT2D eigenvalue weighted by Gasteiger charge is 2.20. The summed E-state index contributed by atoms with van der Waals surface area (Å²) in [7, 11) is 1.47. The van der Waals surface area contributed by atoms with Crippen LogP contribution in [0.15, 0.2) is 12.3 Å². The molecule has 7 heteroatoms. The van der Waals surface area contributed by atoms with Gasteiger partial charge in [-0.2, -0.15) is 0 Å². The molecular formula is C11H14FN3O3. The van der Waals surface area contributed by atoms with Gasteiger partial charge in [0.25, 0.3) is 0 Å². The molecule has 1 rings (SSSR count). The standard InChI is InChI=1S/C11H14FN3O3/c1-3-15(6-8(16)13-2)10-9(12)7(11(17)18)4-5-14-10/h4-5H,3,6H2,1-2H3,(H,13,16)(H,17,18). The van der Waals surface area contributed by atoms with E-state index in [1.54, 1.807) is 6.92 Å². The molecular weight excluding hydrogens is 241 g/mol. The second-order valence-corrected chi connectivity index (χ2v) is 3.49. The summed E-state index contributed by atoms with van der Waals surface area (Å²) in [5.74, 6) is -2.75. The summed E-state index contributed by atoms with van der Waals surface area (Å²) in [6.45, 7) is 1.97. The van der Waals surface area contributed by atoms with E-state index in [1.165, 1.54) is 18.1 Å². The fraction of sp³-hybridized carbons (Fsp3) is 0.364. The Hall–Kier alpha value is -2.18. The van der Waals surface area contributed by atoms with E-state index < -0.39 is 17.3 Å². The minimum Gasteiger partial charge on any atom is -0.478 e. The van der Waals surface area contributed by atoms with Gasteiger partial charge in [0.2, 0.25) is 5.91 Å². The molecule has 0 fully saturated rings. The summed E-state index contributed by atoms with van der Waals surface area (Å²) in [6.07, 6.45) is 1.20. The lowest BCUT2D eigenvalue weighted by Gasteiger charge is -2.21. The molecule has 0 aromatic carbocycles. The number of carbonyl (C=O) groups is 2. The predicted molar refractivity (Wildman–Crippen MR) is 63.1 cm³/mol. The lowest BCUT2D eigenvalue weighted by molar-refractivity contribution is -0.119. The number of carboxylic acid groups (broad SMARTS) is 1. The number of pyridine rings is 1. The van der Waals surface area contributed by atoms with Crippen LogP contribution >= 0.6 is 0 Å². The van der Waals surface area contributed by atoms with Crippen molar-refractivity contribution in [3.8, 4) is 0 Å². The summed E-state index contributed by atoms with van der Waals surface area (Å²) in [5.41, 5.74) is -0.463. The van der Waals surface area contributed by atoms with Crippen molar-refractivity contribution in [1.29, 1.82) is 0 Å². The van der Waals surface area contributed by atoms with Crippen LogP contribution in [-0.4, -0.2) is 42.1 Å². The lowest BCUT2D eigenvalue weighted by Crippen LogP contribution is -2.36. The van der Waals surface area contributed by atoms with Gasteiger partial charge in [-0.15, -0.1) is 0 Å². The van der Waals surface area contributed by atoms with Crippen molar-refractivity contribution >= 4 is 17.7 Å². The van der Waals surface area contributed by atoms with Gasteiger partial charge in [0.15, 0.2) is 11.6 Å². The number of rotatable bonds is 5. The fourth-order valence-electron chi connectivity index (χ4n) is 1.41. The van der Waals surface area contributed by atoms with Crippen molar-refractivity contribution in [1.82, 2.24) is 10.3 Å². The molecule has 0 saturated heterocycles. The minimum absolute atomic E-state index is 0.0833. The van der Waals surface area contributed by atoms with Crippen LogP contribution in [0, 0.1) is 5.82 Å². The van der Waals surface area contributed by atoms with Gasteiger partial charge in [0.1, 0.15) is 5.56 Å². The maximum Gasteiger partial charge on any atom is 0.338 e. The summed E-state index contributed by atoms with van der Waals surface area (Å²) in [6, 6.07) is 1.08. The smallest absolute Gasteiger partial charge is 0.338 e. The third kappa shape index (κ3) is 2.93. The van der Waals surface area contributed by atoms with Gasteiger partial charge in [-0.25, -0.2) is 14.2 Å². The maximum absolute atomic E-state index is 13.9. The zero-order chi connectivity index (χ0) is 13.7. The molecule has 0 radical (unpaired) electrons. The first-order chi connectivity index (χ1) is 8.51. The number of aromatic nitrogens is 1. The van der Waals surface area contributed by atoms with Crippen molar-refractivity contribution in [3.63, 3.8) is 0 Å². The first kappa shape index (κ1) is 13.9. The molecule has 1 heterocycles. The Morgan fingerprint density at radius 2 is 2.22 bits per heavy atom. The van der Waals surface area contributed by atoms with Crippen molar-refractivity contribution in [3.05, 3.63) is 23.6 Å². The van der Waals surface area contributed by atoms with Crippen LogP contribution in [0.2, 0.25) is 0 Å². The number of anilines is 1. The van der Waals surface area contributed by atoms with Crippen LogP contribution in [0.3, 0.4) is 0 Å². The van der Waals surface area contributed by atoms with E-state index in [-0.39, 0.29) is 18.3 Å². The molecule has 0 bridgehead atoms. The first-order valence-corrected chi connectivity index (χ1v) is 5.34. The van der Waals surface area contributed by atoms with Crippen LogP contribution < -0.4 is 10.2 Å². The molecule has 1 aromatic heterocycles. The number of likely N-dealkylation sites (N-methyl/N-ethyl adjacent to an activating group) is 2. The largest absolute Gasteiger partial charge is 0.478 e. The summed E-state index contributed by atoms with van der Waals surface area (Å²) in [4.78, 5) is 27.2. The Balaban J connectivity index is 3.10. The van der Waals surface area contributed by atoms with Gasteiger partial charge >= 0.3 is 5.97 Å². The van der Waals surface area contributed by atoms with Gasteiger partial charge in [-0.05, 0) is 13.0 Å². The predicted octanol–water partition coefficient (Wildman–Crippen LogP) is 0.491. The maximum atomic E-state index is 13.9. The van der Waals surface area contributed by atoms with Crippen LogP contribution in [-0.2, 0) is 4.79 Å². The molecule has 2 N–H and O–H groups in total. The van der Waals surface area contributed by atoms with Crippen LogP contribution in [0.25, 0.3) is 0 Å². The van der Waals surface area contributed by atoms with Gasteiger partial charge in [-0.3, -0.25) is 4.79 Å². The molecule has 0 unspecified atom stereocenters. The van der Waals surface area contributed by atoms with Gasteiger partial charge < -0.3 is 15.3 Å². The van der Waals surface area contributed by atoms with Crippen LogP contribution in [0.5, 0.6) is 0 Å². The fourth-order valence-corrected chi connectivity index (χ4v) is 1.41. The molecule has 6 nitrogen and oxygen atoms in total. The number of carboxylic acids is 1. The van der Waals surface area contributed by atoms with E-state index in [4.69, 9.17) is 5.11 Å². The van der Waals surface area contributed by atoms with Gasteiger partial charge in [0, 0.05) is 19.8 Å². The number of carbonyl (C=O) groups excluding carboxylic acids is 1. The summed E-state index contributed by atoms with van der Waals surface area (Å²) >= 11 is 0. The third-order valence-electron chi connectivity index (χ3n) is 2.40. The molecule has 0 saturated carbocycles. The van der Waals surface area contributed by atoms with Crippen LogP contribution in [0.4, 0.5) is 10.2 Å². The number of hydrogen-bond donors (Lipinski definition) is 2. The third-order valence-corrected chi connectivity index (χ3v) is 2.40. The average molecular weight is 255 g/mol.